The summed E-state index contributed by atoms with van der Waals surface area (Å²) in [4.78, 5) is 57.0. The first kappa shape index (κ1) is 53.7. The number of halogens is 1. The van der Waals surface area contributed by atoms with Gasteiger partial charge in [-0.1, -0.05) is 211 Å². The number of nitrogens with one attached hydrogen (secondary N) is 2. The van der Waals surface area contributed by atoms with Gasteiger partial charge >= 0.3 is 5.97 Å². The zero-order valence-electron chi connectivity index (χ0n) is 42.3. The van der Waals surface area contributed by atoms with Gasteiger partial charge in [-0.15, -0.1) is 23.1 Å². The number of hydrogen-bond acceptors (Lipinski definition) is 10. The fourth-order valence-corrected chi connectivity index (χ4v) is 17.0. The third-order valence-corrected chi connectivity index (χ3v) is 20.5. The molecule has 0 aliphatic carbocycles. The predicted molar refractivity (Wildman–Crippen MR) is 311 cm³/mol. The molecule has 8 aromatic carbocycles. The smallest absolute Gasteiger partial charge is 0.356 e. The lowest BCUT2D eigenvalue weighted by Gasteiger charge is -2.50. The van der Waals surface area contributed by atoms with Crippen LogP contribution in [0.25, 0.3) is 0 Å². The highest BCUT2D eigenvalue weighted by molar-refractivity contribution is 8.00. The first-order valence-corrected chi connectivity index (χ1v) is 29.1. The third kappa shape index (κ3) is 10.5. The van der Waals surface area contributed by atoms with Gasteiger partial charge in [-0.05, 0) is 64.2 Å². The minimum absolute atomic E-state index is 0. The van der Waals surface area contributed by atoms with Gasteiger partial charge in [0, 0.05) is 16.7 Å². The van der Waals surface area contributed by atoms with E-state index in [-0.39, 0.29) is 41.1 Å². The Morgan fingerprint density at radius 3 is 1.51 bits per heavy atom. The van der Waals surface area contributed by atoms with Crippen molar-refractivity contribution in [1.82, 2.24) is 15.2 Å². The van der Waals surface area contributed by atoms with E-state index in [9.17, 15) is 4.79 Å². The standard InChI is InChI=1S/C64H52N5O5PS2.HI/c1-73-68-55(54-44-77-63(65-54)67-64(48-30-14-4-15-31-48,49-32-16-5-17-33-49)50-34-18-6-19-35-50)59(70)66-56-60(71)69-57(62(72)74-58(45-26-10-2-11-27-45)46-28-12-3-13-29-46)47(43-76-61(56)69)42-75(51-36-20-7-21-37-51,52-38-22-8-23-39-52)53-40-24-9-25-41-53;/h2-41,44,56,58,61H,42-43H2,1H3,(H-,65,66,67,70);1H/b68-55-;/t56?,61-;/m1./s1. The molecule has 2 N–H and O–H groups in total. The molecule has 11 rings (SSSR count). The lowest BCUT2D eigenvalue weighted by atomic mass is 9.77. The molecule has 9 aromatic rings. The van der Waals surface area contributed by atoms with Crippen LogP contribution in [0.5, 0.6) is 0 Å². The number of aromatic nitrogens is 1. The number of thiazole rings is 1. The van der Waals surface area contributed by atoms with Gasteiger partial charge < -0.3 is 44.2 Å². The van der Waals surface area contributed by atoms with E-state index in [4.69, 9.17) is 14.6 Å². The van der Waals surface area contributed by atoms with Crippen molar-refractivity contribution in [2.24, 2.45) is 5.16 Å². The third-order valence-electron chi connectivity index (χ3n) is 14.0. The zero-order chi connectivity index (χ0) is 52.6. The molecule has 388 valence electrons. The predicted octanol–water partition coefficient (Wildman–Crippen LogP) is 7.88. The Bertz CT molecular complexity index is 3320. The van der Waals surface area contributed by atoms with E-state index >= 15 is 9.59 Å². The highest BCUT2D eigenvalue weighted by Gasteiger charge is 2.57. The largest absolute Gasteiger partial charge is 1.00 e. The van der Waals surface area contributed by atoms with Crippen LogP contribution in [-0.4, -0.2) is 63.8 Å². The van der Waals surface area contributed by atoms with E-state index in [1.807, 2.05) is 133 Å². The summed E-state index contributed by atoms with van der Waals surface area (Å²) in [5.74, 6) is -1.35. The molecular weight excluding hydrogens is 1140 g/mol. The van der Waals surface area contributed by atoms with Crippen molar-refractivity contribution in [3.63, 3.8) is 0 Å². The summed E-state index contributed by atoms with van der Waals surface area (Å²) < 4.78 is 6.67. The van der Waals surface area contributed by atoms with Crippen LogP contribution in [0.1, 0.15) is 39.6 Å². The number of benzene rings is 8. The summed E-state index contributed by atoms with van der Waals surface area (Å²) in [7, 11) is -1.21. The molecule has 0 bridgehead atoms. The maximum Gasteiger partial charge on any atom is 0.356 e. The minimum Gasteiger partial charge on any atom is -1.00 e. The number of hydrogen-bond donors (Lipinski definition) is 2. The average Bonchev–Trinajstić information content (AvgIpc) is 4.04. The highest BCUT2D eigenvalue weighted by Crippen LogP contribution is 2.58. The van der Waals surface area contributed by atoms with Gasteiger partial charge in [0.15, 0.2) is 16.9 Å². The number of fused-ring (bicyclic) bond motifs is 1. The topological polar surface area (TPSA) is 122 Å². The van der Waals surface area contributed by atoms with Crippen LogP contribution in [0.2, 0.25) is 0 Å². The van der Waals surface area contributed by atoms with Gasteiger partial charge in [0.2, 0.25) is 0 Å². The number of carbonyl (C=O) groups is 3. The number of nitrogens with zero attached hydrogens (tertiary/aromatic N) is 3. The Labute approximate surface area is 480 Å². The van der Waals surface area contributed by atoms with Crippen LogP contribution >= 0.6 is 30.4 Å². The summed E-state index contributed by atoms with van der Waals surface area (Å²) in [6.45, 7) is 0. The Morgan fingerprint density at radius 1 is 0.654 bits per heavy atom. The average molecular weight is 1190 g/mol. The number of oxime groups is 1. The molecule has 0 radical (unpaired) electrons. The summed E-state index contributed by atoms with van der Waals surface area (Å²) in [6, 6.07) is 80.1. The SMILES string of the molecule is CO/N=C(\C(=O)NC1C(=O)N2C(C(=O)OC(c3ccccc3)c3ccccc3)=C(C[P+](c3ccccc3)(c3ccccc3)c3ccccc3)CS[C@H]12)c1csc(NC(c2ccccc2)(c2ccccc2)c2ccccc2)n1.[I-]. The molecule has 2 amide bonds. The van der Waals surface area contributed by atoms with Gasteiger partial charge in [0.05, 0.1) is 6.16 Å². The zero-order valence-corrected chi connectivity index (χ0v) is 47.0. The van der Waals surface area contributed by atoms with Crippen LogP contribution in [0.15, 0.2) is 264 Å². The Kier molecular flexibility index (Phi) is 16.8. The molecule has 78 heavy (non-hydrogen) atoms. The summed E-state index contributed by atoms with van der Waals surface area (Å²) in [5.41, 5.74) is 4.76. The van der Waals surface area contributed by atoms with E-state index in [1.54, 1.807) is 5.38 Å². The van der Waals surface area contributed by atoms with Crippen molar-refractivity contribution in [3.05, 3.63) is 293 Å². The minimum atomic E-state index is -2.58. The molecule has 10 nitrogen and oxygen atoms in total. The van der Waals surface area contributed by atoms with Gasteiger partial charge in [-0.25, -0.2) is 9.78 Å². The first-order valence-electron chi connectivity index (χ1n) is 25.2. The fraction of sp³-hybridized carbons (Fsp3) is 0.109. The van der Waals surface area contributed by atoms with Gasteiger partial charge in [0.1, 0.15) is 58.6 Å². The van der Waals surface area contributed by atoms with E-state index in [0.29, 0.717) is 17.0 Å². The van der Waals surface area contributed by atoms with E-state index in [1.165, 1.54) is 35.1 Å². The molecule has 2 atom stereocenters. The number of ether oxygens (including phenoxy) is 1. The van der Waals surface area contributed by atoms with Crippen molar-refractivity contribution in [2.75, 3.05) is 24.3 Å². The van der Waals surface area contributed by atoms with E-state index in [2.05, 4.69) is 125 Å². The monoisotopic (exact) mass is 1190 g/mol. The van der Waals surface area contributed by atoms with E-state index in [0.717, 1.165) is 49.3 Å². The van der Waals surface area contributed by atoms with Gasteiger partial charge in [-0.2, -0.15) is 0 Å². The molecule has 0 spiro atoms. The molecule has 1 saturated heterocycles. The molecular formula is C64H53IN5O5PS2. The number of amides is 2. The van der Waals surface area contributed by atoms with Crippen molar-refractivity contribution in [3.8, 4) is 0 Å². The van der Waals surface area contributed by atoms with Crippen LogP contribution in [-0.2, 0) is 29.5 Å². The molecule has 14 heteroatoms. The molecule has 2 aliphatic rings. The van der Waals surface area contributed by atoms with Crippen LogP contribution in [0, 0.1) is 0 Å². The van der Waals surface area contributed by atoms with Gasteiger partial charge in [0.25, 0.3) is 11.8 Å². The van der Waals surface area contributed by atoms with Crippen LogP contribution in [0.3, 0.4) is 0 Å². The Morgan fingerprint density at radius 2 is 1.08 bits per heavy atom. The van der Waals surface area contributed by atoms with Crippen molar-refractivity contribution >= 4 is 74.9 Å². The van der Waals surface area contributed by atoms with Crippen LogP contribution in [0.4, 0.5) is 5.13 Å². The maximum absolute atomic E-state index is 15.5. The molecule has 1 unspecified atom stereocenters. The van der Waals surface area contributed by atoms with Crippen LogP contribution < -0.4 is 50.5 Å². The molecule has 3 heterocycles. The quantitative estimate of drug-likeness (QED) is 0.0170. The molecule has 0 saturated carbocycles. The molecule has 2 aliphatic heterocycles. The van der Waals surface area contributed by atoms with Gasteiger partial charge in [-0.3, -0.25) is 14.5 Å². The van der Waals surface area contributed by atoms with Crippen molar-refractivity contribution in [1.29, 1.82) is 0 Å². The van der Waals surface area contributed by atoms with E-state index < -0.39 is 48.1 Å². The second-order valence-electron chi connectivity index (χ2n) is 18.5. The number of rotatable bonds is 18. The highest BCUT2D eigenvalue weighted by atomic mass is 127. The lowest BCUT2D eigenvalue weighted by molar-refractivity contribution is -0.154. The number of esters is 1. The molecule has 1 aromatic heterocycles. The lowest BCUT2D eigenvalue weighted by Crippen LogP contribution is -3.00. The second-order valence-corrected chi connectivity index (χ2v) is 24.0. The second kappa shape index (κ2) is 24.3. The fourth-order valence-electron chi connectivity index (χ4n) is 10.5. The van der Waals surface area contributed by atoms with Crippen molar-refractivity contribution < 1.29 is 47.9 Å². The summed E-state index contributed by atoms with van der Waals surface area (Å²) in [5, 5.41) is 16.0. The number of carbonyl (C=O) groups excluding carboxylic acids is 3. The first-order chi connectivity index (χ1) is 37.9. The van der Waals surface area contributed by atoms with Crippen molar-refractivity contribution in [2.45, 2.75) is 23.1 Å². The number of thioether (sulfide) groups is 1. The Hall–Kier alpha value is -7.68. The number of anilines is 1. The summed E-state index contributed by atoms with van der Waals surface area (Å²) >= 11 is 2.83. The molecule has 1 fully saturated rings. The number of β-lactam (4-membered cyclic amide) rings is 1. The summed E-state index contributed by atoms with van der Waals surface area (Å²) in [6.07, 6.45) is -0.332. The Balaban J connectivity index is 0.00000688. The normalized spacial score (nSPS) is 15.3. The maximum atomic E-state index is 15.5.